The molecule has 26 heavy (non-hydrogen) atoms. The molecule has 0 nitrogen and oxygen atoms in total. The molecule has 0 radical (unpaired) electrons. The van der Waals surface area contributed by atoms with E-state index < -0.39 is 0 Å². The lowest BCUT2D eigenvalue weighted by molar-refractivity contribution is 0.279. The normalized spacial score (nSPS) is 42.6. The molecule has 0 amide bonds. The van der Waals surface area contributed by atoms with Crippen LogP contribution in [0.25, 0.3) is 5.57 Å². The van der Waals surface area contributed by atoms with E-state index in [1.165, 1.54) is 44.9 Å². The molecule has 1 heteroatoms. The van der Waals surface area contributed by atoms with Crippen molar-refractivity contribution in [2.24, 2.45) is 23.7 Å². The number of halogens is 1. The molecule has 5 aliphatic carbocycles. The molecule has 1 aromatic carbocycles. The van der Waals surface area contributed by atoms with Crippen molar-refractivity contribution < 1.29 is 0 Å². The van der Waals surface area contributed by atoms with Gasteiger partial charge in [-0.1, -0.05) is 70.1 Å². The van der Waals surface area contributed by atoms with Crippen LogP contribution < -0.4 is 0 Å². The summed E-state index contributed by atoms with van der Waals surface area (Å²) in [6, 6.07) is 9.50. The lowest BCUT2D eigenvalue weighted by Crippen LogP contribution is -2.40. The minimum atomic E-state index is 0.287. The van der Waals surface area contributed by atoms with Gasteiger partial charge in [0, 0.05) is 10.2 Å². The van der Waals surface area contributed by atoms with Gasteiger partial charge in [-0.2, -0.15) is 0 Å². The summed E-state index contributed by atoms with van der Waals surface area (Å²) in [6.45, 7) is 0. The molecule has 1 aromatic rings. The highest BCUT2D eigenvalue weighted by Gasteiger charge is 2.64. The van der Waals surface area contributed by atoms with Crippen LogP contribution in [-0.4, -0.2) is 4.83 Å². The molecule has 1 saturated carbocycles. The van der Waals surface area contributed by atoms with Gasteiger partial charge in [-0.25, -0.2) is 0 Å². The van der Waals surface area contributed by atoms with Crippen molar-refractivity contribution in [1.29, 1.82) is 0 Å². The van der Waals surface area contributed by atoms with E-state index >= 15 is 0 Å². The summed E-state index contributed by atoms with van der Waals surface area (Å²) in [7, 11) is 0. The molecule has 1 fully saturated rings. The van der Waals surface area contributed by atoms with E-state index in [4.69, 9.17) is 0 Å². The summed E-state index contributed by atoms with van der Waals surface area (Å²) in [6.07, 6.45) is 19.6. The predicted molar refractivity (Wildman–Crippen MR) is 112 cm³/mol. The third-order valence-corrected chi connectivity index (χ3v) is 8.91. The number of hydrogen-bond acceptors (Lipinski definition) is 0. The molecule has 0 saturated heterocycles. The number of benzene rings is 1. The Labute approximate surface area is 165 Å². The fourth-order valence-corrected chi connectivity index (χ4v) is 8.13. The van der Waals surface area contributed by atoms with Crippen LogP contribution in [0.5, 0.6) is 0 Å². The Morgan fingerprint density at radius 1 is 1.00 bits per heavy atom. The Hall–Kier alpha value is -1.08. The van der Waals surface area contributed by atoms with Gasteiger partial charge in [-0.3, -0.25) is 0 Å². The summed E-state index contributed by atoms with van der Waals surface area (Å²) >= 11 is 3.96. The first-order chi connectivity index (χ1) is 12.8. The lowest BCUT2D eigenvalue weighted by atomic mass is 9.60. The Kier molecular flexibility index (Phi) is 3.50. The maximum atomic E-state index is 3.96. The number of hydrogen-bond donors (Lipinski definition) is 0. The lowest BCUT2D eigenvalue weighted by Gasteiger charge is -2.43. The highest BCUT2D eigenvalue weighted by atomic mass is 79.9. The molecule has 0 aromatic heterocycles. The number of fused-ring (bicyclic) bond motifs is 9. The molecule has 6 unspecified atom stereocenters. The maximum Gasteiger partial charge on any atom is 0.0328 e. The van der Waals surface area contributed by atoms with E-state index in [1.807, 2.05) is 5.57 Å². The van der Waals surface area contributed by atoms with Gasteiger partial charge in [-0.15, -0.1) is 0 Å². The summed E-state index contributed by atoms with van der Waals surface area (Å²) in [5.74, 6) is 3.07. The van der Waals surface area contributed by atoms with Gasteiger partial charge < -0.3 is 0 Å². The smallest absolute Gasteiger partial charge is 0.0328 e. The quantitative estimate of drug-likeness (QED) is 0.327. The standard InChI is InChI=1S/C25H27Br/c26-16-13-14-20-19-9-3-6-12-23(19)25(24(20)15-16)21-10-4-1-7-17(21)18-8-2-5-11-22(18)25/h1,4,6-7,10,12-14,16,19-20,23-24H,2-3,5,8-9,11,15H2. The van der Waals surface area contributed by atoms with Crippen LogP contribution in [0.3, 0.4) is 0 Å². The van der Waals surface area contributed by atoms with Crippen LogP contribution in [0.2, 0.25) is 0 Å². The zero-order chi connectivity index (χ0) is 17.3. The van der Waals surface area contributed by atoms with E-state index in [1.54, 1.807) is 16.7 Å². The van der Waals surface area contributed by atoms with Crippen molar-refractivity contribution in [3.05, 3.63) is 65.3 Å². The second-order valence-corrected chi connectivity index (χ2v) is 10.3. The van der Waals surface area contributed by atoms with Crippen molar-refractivity contribution in [1.82, 2.24) is 0 Å². The first kappa shape index (κ1) is 15.9. The van der Waals surface area contributed by atoms with E-state index in [0.29, 0.717) is 10.7 Å². The average molecular weight is 407 g/mol. The van der Waals surface area contributed by atoms with Crippen molar-refractivity contribution in [2.75, 3.05) is 0 Å². The van der Waals surface area contributed by atoms with Crippen LogP contribution in [0.4, 0.5) is 0 Å². The van der Waals surface area contributed by atoms with Crippen LogP contribution in [0.15, 0.2) is 54.1 Å². The van der Waals surface area contributed by atoms with E-state index in [0.717, 1.165) is 17.8 Å². The van der Waals surface area contributed by atoms with Crippen LogP contribution >= 0.6 is 15.9 Å². The second kappa shape index (κ2) is 5.71. The van der Waals surface area contributed by atoms with Crippen molar-refractivity contribution in [3.63, 3.8) is 0 Å². The predicted octanol–water partition coefficient (Wildman–Crippen LogP) is 6.82. The Balaban J connectivity index is 1.66. The summed E-state index contributed by atoms with van der Waals surface area (Å²) in [5, 5.41) is 0. The topological polar surface area (TPSA) is 0 Å². The molecule has 0 bridgehead atoms. The van der Waals surface area contributed by atoms with E-state index in [2.05, 4.69) is 64.5 Å². The molecule has 6 rings (SSSR count). The molecule has 6 atom stereocenters. The first-order valence-corrected chi connectivity index (χ1v) is 11.5. The monoisotopic (exact) mass is 406 g/mol. The summed E-state index contributed by atoms with van der Waals surface area (Å²) in [4.78, 5) is 0.546. The molecule has 0 N–H and O–H groups in total. The van der Waals surface area contributed by atoms with Crippen LogP contribution in [0, 0.1) is 23.7 Å². The van der Waals surface area contributed by atoms with Crippen LogP contribution in [-0.2, 0) is 5.41 Å². The van der Waals surface area contributed by atoms with Gasteiger partial charge >= 0.3 is 0 Å². The van der Waals surface area contributed by atoms with Gasteiger partial charge in [0.2, 0.25) is 0 Å². The molecule has 0 heterocycles. The van der Waals surface area contributed by atoms with Gasteiger partial charge in [-0.05, 0) is 85.3 Å². The molecule has 5 aliphatic rings. The summed E-state index contributed by atoms with van der Waals surface area (Å²) < 4.78 is 0. The highest BCUT2D eigenvalue weighted by Crippen LogP contribution is 2.69. The number of alkyl halides is 1. The van der Waals surface area contributed by atoms with Gasteiger partial charge in [0.1, 0.15) is 0 Å². The fourth-order valence-electron chi connectivity index (χ4n) is 7.55. The minimum Gasteiger partial charge on any atom is -0.0882 e. The van der Waals surface area contributed by atoms with Gasteiger partial charge in [0.05, 0.1) is 0 Å². The van der Waals surface area contributed by atoms with Crippen molar-refractivity contribution in [2.45, 2.75) is 55.2 Å². The van der Waals surface area contributed by atoms with Crippen molar-refractivity contribution in [3.8, 4) is 0 Å². The van der Waals surface area contributed by atoms with E-state index in [9.17, 15) is 0 Å². The Morgan fingerprint density at radius 3 is 2.85 bits per heavy atom. The molecular weight excluding hydrogens is 380 g/mol. The second-order valence-electron chi connectivity index (χ2n) is 9.09. The molecule has 0 aliphatic heterocycles. The SMILES string of the molecule is BrC1C=CC2C3CCC=CC3C3(C4=C(CCCC4)c4ccccc43)C2C1. The maximum absolute atomic E-state index is 3.96. The van der Waals surface area contributed by atoms with Gasteiger partial charge in [0.25, 0.3) is 0 Å². The Bertz CT molecular complexity index is 843. The molecule has 1 spiro atoms. The third-order valence-electron chi connectivity index (χ3n) is 8.23. The fraction of sp³-hybridized carbons (Fsp3) is 0.520. The summed E-state index contributed by atoms with van der Waals surface area (Å²) in [5.41, 5.74) is 7.19. The van der Waals surface area contributed by atoms with Gasteiger partial charge in [0.15, 0.2) is 0 Å². The van der Waals surface area contributed by atoms with Crippen LogP contribution in [0.1, 0.15) is 56.1 Å². The number of rotatable bonds is 0. The first-order valence-electron chi connectivity index (χ1n) is 10.6. The van der Waals surface area contributed by atoms with E-state index in [-0.39, 0.29) is 5.41 Å². The number of allylic oxidation sites excluding steroid dienone is 6. The zero-order valence-electron chi connectivity index (χ0n) is 15.3. The molecule has 134 valence electrons. The van der Waals surface area contributed by atoms with Crippen molar-refractivity contribution >= 4 is 21.5 Å². The largest absolute Gasteiger partial charge is 0.0882 e. The minimum absolute atomic E-state index is 0.287. The average Bonchev–Trinajstić information content (AvgIpc) is 3.15. The Morgan fingerprint density at radius 2 is 1.88 bits per heavy atom. The third kappa shape index (κ3) is 1.86. The highest BCUT2D eigenvalue weighted by molar-refractivity contribution is 9.09. The zero-order valence-corrected chi connectivity index (χ0v) is 16.9. The molecular formula is C25H27Br.